The van der Waals surface area contributed by atoms with Gasteiger partial charge in [0, 0.05) is 12.5 Å². The van der Waals surface area contributed by atoms with E-state index in [1.54, 1.807) is 48.5 Å². The van der Waals surface area contributed by atoms with Crippen LogP contribution in [0.1, 0.15) is 16.1 Å². The van der Waals surface area contributed by atoms with Crippen LogP contribution in [0.25, 0.3) is 5.69 Å². The fraction of sp³-hybridized carbons (Fsp3) is 0.100. The van der Waals surface area contributed by atoms with Gasteiger partial charge in [0.1, 0.15) is 11.7 Å². The summed E-state index contributed by atoms with van der Waals surface area (Å²) in [6.45, 7) is 0. The Morgan fingerprint density at radius 1 is 1.04 bits per heavy atom. The van der Waals surface area contributed by atoms with Crippen LogP contribution in [0.3, 0.4) is 0 Å². The molecule has 1 aromatic heterocycles. The highest BCUT2D eigenvalue weighted by atomic mass is 35.5. The molecule has 0 saturated heterocycles. The number of aromatic nitrogens is 2. The number of halogens is 1. The van der Waals surface area contributed by atoms with Crippen molar-refractivity contribution in [3.05, 3.63) is 83.1 Å². The van der Waals surface area contributed by atoms with Crippen molar-refractivity contribution in [1.82, 2.24) is 15.1 Å². The summed E-state index contributed by atoms with van der Waals surface area (Å²) in [6, 6.07) is 18.2. The number of ketones is 1. The molecule has 0 spiro atoms. The normalized spacial score (nSPS) is 11.6. The van der Waals surface area contributed by atoms with Crippen LogP contribution in [0.15, 0.2) is 66.7 Å². The zero-order valence-corrected chi connectivity index (χ0v) is 15.5. The second-order valence-electron chi connectivity index (χ2n) is 6.04. The highest BCUT2D eigenvalue weighted by molar-refractivity contribution is 6.38. The van der Waals surface area contributed by atoms with Crippen molar-refractivity contribution in [2.75, 3.05) is 0 Å². The Labute approximate surface area is 166 Å². The number of rotatable bonds is 7. The predicted octanol–water partition coefficient (Wildman–Crippen LogP) is 1.92. The lowest BCUT2D eigenvalue weighted by atomic mass is 10.0. The Hall–Kier alpha value is -3.45. The lowest BCUT2D eigenvalue weighted by Gasteiger charge is -2.17. The van der Waals surface area contributed by atoms with Gasteiger partial charge < -0.3 is 11.1 Å². The Morgan fingerprint density at radius 2 is 1.64 bits per heavy atom. The first kappa shape index (κ1) is 19.3. The van der Waals surface area contributed by atoms with Crippen LogP contribution < -0.4 is 11.1 Å². The number of nitrogens with one attached hydrogen (secondary N) is 1. The molecule has 0 bridgehead atoms. The predicted molar refractivity (Wildman–Crippen MR) is 104 cm³/mol. The number of nitrogens with two attached hydrogens (primary N) is 1. The van der Waals surface area contributed by atoms with Gasteiger partial charge in [0.2, 0.25) is 5.78 Å². The molecule has 28 heavy (non-hydrogen) atoms. The first-order chi connectivity index (χ1) is 13.5. The molecule has 3 aromatic rings. The number of primary amides is 1. The first-order valence-electron chi connectivity index (χ1n) is 8.45. The third kappa shape index (κ3) is 4.44. The van der Waals surface area contributed by atoms with E-state index in [9.17, 15) is 14.4 Å². The molecule has 2 amide bonds. The van der Waals surface area contributed by atoms with E-state index in [2.05, 4.69) is 10.4 Å². The van der Waals surface area contributed by atoms with E-state index in [4.69, 9.17) is 17.3 Å². The van der Waals surface area contributed by atoms with E-state index < -0.39 is 23.6 Å². The molecule has 142 valence electrons. The third-order valence-corrected chi connectivity index (χ3v) is 4.24. The van der Waals surface area contributed by atoms with Crippen LogP contribution in [0.2, 0.25) is 5.15 Å². The van der Waals surface area contributed by atoms with E-state index >= 15 is 0 Å². The first-order valence-corrected chi connectivity index (χ1v) is 8.83. The highest BCUT2D eigenvalue weighted by Gasteiger charge is 2.27. The maximum Gasteiger partial charge on any atom is 0.287 e. The second kappa shape index (κ2) is 8.49. The van der Waals surface area contributed by atoms with Gasteiger partial charge in [-0.1, -0.05) is 60.1 Å². The molecule has 8 heteroatoms. The summed E-state index contributed by atoms with van der Waals surface area (Å²) in [6.07, 6.45) is 0.127. The van der Waals surface area contributed by atoms with Gasteiger partial charge in [-0.15, -0.1) is 0 Å². The van der Waals surface area contributed by atoms with Crippen LogP contribution in [0, 0.1) is 0 Å². The van der Waals surface area contributed by atoms with Gasteiger partial charge in [-0.05, 0) is 17.7 Å². The molecular weight excluding hydrogens is 380 g/mol. The number of nitrogens with zero attached hydrogens (tertiary/aromatic N) is 2. The molecule has 1 atom stereocenters. The minimum atomic E-state index is -1.11. The monoisotopic (exact) mass is 396 g/mol. The minimum absolute atomic E-state index is 0.120. The fourth-order valence-corrected chi connectivity index (χ4v) is 2.92. The largest absolute Gasteiger partial charge is 0.363 e. The standard InChI is InChI=1S/C20H17ClN4O3/c21-17-12-16(25(24-17)14-9-5-2-6-10-14)20(28)23-15(18(26)19(22)27)11-13-7-3-1-4-8-13/h1-10,12,15H,11H2,(H2,22,27)(H,23,28). The Balaban J connectivity index is 1.88. The van der Waals surface area contributed by atoms with Gasteiger partial charge in [-0.25, -0.2) is 4.68 Å². The summed E-state index contributed by atoms with van der Waals surface area (Å²) in [7, 11) is 0. The quantitative estimate of drug-likeness (QED) is 0.595. The minimum Gasteiger partial charge on any atom is -0.363 e. The summed E-state index contributed by atoms with van der Waals surface area (Å²) in [4.78, 5) is 36.5. The summed E-state index contributed by atoms with van der Waals surface area (Å²) in [5, 5.41) is 6.82. The van der Waals surface area contributed by atoms with Gasteiger partial charge in [-0.2, -0.15) is 5.10 Å². The van der Waals surface area contributed by atoms with Crippen molar-refractivity contribution < 1.29 is 14.4 Å². The number of carbonyl (C=O) groups excluding carboxylic acids is 3. The summed E-state index contributed by atoms with van der Waals surface area (Å²) in [5.41, 5.74) is 6.68. The lowest BCUT2D eigenvalue weighted by Crippen LogP contribution is -2.47. The smallest absolute Gasteiger partial charge is 0.287 e. The molecular formula is C20H17ClN4O3. The molecule has 7 nitrogen and oxygen atoms in total. The third-order valence-electron chi connectivity index (χ3n) is 4.06. The van der Waals surface area contributed by atoms with Crippen LogP contribution >= 0.6 is 11.6 Å². The van der Waals surface area contributed by atoms with Crippen molar-refractivity contribution in [2.45, 2.75) is 12.5 Å². The fourth-order valence-electron chi connectivity index (χ4n) is 2.74. The van der Waals surface area contributed by atoms with Crippen molar-refractivity contribution in [1.29, 1.82) is 0 Å². The molecule has 3 N–H and O–H groups in total. The van der Waals surface area contributed by atoms with Crippen molar-refractivity contribution in [3.63, 3.8) is 0 Å². The van der Waals surface area contributed by atoms with E-state index in [1.807, 2.05) is 12.1 Å². The van der Waals surface area contributed by atoms with E-state index in [0.29, 0.717) is 5.69 Å². The number of amides is 2. The van der Waals surface area contributed by atoms with Crippen LogP contribution in [-0.4, -0.2) is 33.4 Å². The molecule has 0 aliphatic carbocycles. The molecule has 2 aromatic carbocycles. The number of carbonyl (C=O) groups is 3. The molecule has 0 radical (unpaired) electrons. The molecule has 0 fully saturated rings. The Kier molecular flexibility index (Phi) is 5.86. The van der Waals surface area contributed by atoms with E-state index in [-0.39, 0.29) is 17.3 Å². The molecule has 0 saturated carbocycles. The van der Waals surface area contributed by atoms with Crippen LogP contribution in [0.5, 0.6) is 0 Å². The molecule has 0 aliphatic heterocycles. The lowest BCUT2D eigenvalue weighted by molar-refractivity contribution is -0.137. The number of benzene rings is 2. The number of hydrogen-bond donors (Lipinski definition) is 2. The van der Waals surface area contributed by atoms with Gasteiger partial charge in [0.15, 0.2) is 5.15 Å². The molecule has 1 unspecified atom stereocenters. The molecule has 1 heterocycles. The van der Waals surface area contributed by atoms with E-state index in [1.165, 1.54) is 10.7 Å². The molecule has 3 rings (SSSR count). The highest BCUT2D eigenvalue weighted by Crippen LogP contribution is 2.16. The Bertz CT molecular complexity index is 1000. The summed E-state index contributed by atoms with van der Waals surface area (Å²) < 4.78 is 1.37. The SMILES string of the molecule is NC(=O)C(=O)C(Cc1ccccc1)NC(=O)c1cc(Cl)nn1-c1ccccc1. The van der Waals surface area contributed by atoms with Gasteiger partial charge in [0.25, 0.3) is 11.8 Å². The maximum atomic E-state index is 12.8. The van der Waals surface area contributed by atoms with E-state index in [0.717, 1.165) is 5.56 Å². The average Bonchev–Trinajstić information content (AvgIpc) is 3.10. The van der Waals surface area contributed by atoms with Gasteiger partial charge >= 0.3 is 0 Å². The number of hydrogen-bond acceptors (Lipinski definition) is 4. The van der Waals surface area contributed by atoms with Crippen molar-refractivity contribution >= 4 is 29.2 Å². The van der Waals surface area contributed by atoms with Gasteiger partial charge in [0.05, 0.1) is 5.69 Å². The second-order valence-corrected chi connectivity index (χ2v) is 6.43. The number of Topliss-reactive ketones (excluding diaryl/α,β-unsaturated/α-hetero) is 1. The number of para-hydroxylation sites is 1. The molecule has 0 aliphatic rings. The topological polar surface area (TPSA) is 107 Å². The zero-order valence-electron chi connectivity index (χ0n) is 14.7. The maximum absolute atomic E-state index is 12.8. The average molecular weight is 397 g/mol. The van der Waals surface area contributed by atoms with Gasteiger partial charge in [-0.3, -0.25) is 14.4 Å². The van der Waals surface area contributed by atoms with Crippen LogP contribution in [0.4, 0.5) is 0 Å². The zero-order chi connectivity index (χ0) is 20.1. The van der Waals surface area contributed by atoms with Crippen molar-refractivity contribution in [3.8, 4) is 5.69 Å². The summed E-state index contributed by atoms with van der Waals surface area (Å²) >= 11 is 5.99. The van der Waals surface area contributed by atoms with Crippen molar-refractivity contribution in [2.24, 2.45) is 5.73 Å². The Morgan fingerprint density at radius 3 is 2.25 bits per heavy atom. The van der Waals surface area contributed by atoms with Crippen LogP contribution in [-0.2, 0) is 16.0 Å². The summed E-state index contributed by atoms with van der Waals surface area (Å²) in [5.74, 6) is -2.59.